The molecule has 2 rings (SSSR count). The maximum atomic E-state index is 13.6. The summed E-state index contributed by atoms with van der Waals surface area (Å²) in [7, 11) is 0. The number of hydrogen-bond donors (Lipinski definition) is 1. The molecule has 0 atom stereocenters. The molecule has 0 bridgehead atoms. The van der Waals surface area contributed by atoms with Gasteiger partial charge in [0.2, 0.25) is 0 Å². The third-order valence-electron chi connectivity index (χ3n) is 3.60. The van der Waals surface area contributed by atoms with Gasteiger partial charge in [-0.1, -0.05) is 25.7 Å². The van der Waals surface area contributed by atoms with Crippen LogP contribution < -0.4 is 5.32 Å². The molecule has 1 N–H and O–H groups in total. The number of nitrogens with zero attached hydrogens (tertiary/aromatic N) is 1. The second-order valence-corrected chi connectivity index (χ2v) is 5.08. The zero-order valence-electron chi connectivity index (χ0n) is 11.1. The lowest BCUT2D eigenvalue weighted by Gasteiger charge is -2.16. The van der Waals surface area contributed by atoms with Crippen molar-refractivity contribution in [2.24, 2.45) is 0 Å². The van der Waals surface area contributed by atoms with Crippen molar-refractivity contribution in [1.82, 2.24) is 5.32 Å². The van der Waals surface area contributed by atoms with E-state index in [2.05, 4.69) is 5.32 Å². The molecule has 1 fully saturated rings. The number of rotatable bonds is 3. The molecular formula is C14H17FN2O3. The van der Waals surface area contributed by atoms with Gasteiger partial charge in [-0.3, -0.25) is 14.9 Å². The Hall–Kier alpha value is -1.98. The van der Waals surface area contributed by atoms with Crippen LogP contribution in [0.5, 0.6) is 0 Å². The molecule has 1 aromatic rings. The Morgan fingerprint density at radius 1 is 1.25 bits per heavy atom. The monoisotopic (exact) mass is 280 g/mol. The van der Waals surface area contributed by atoms with Crippen molar-refractivity contribution in [1.29, 1.82) is 0 Å². The molecule has 6 heteroatoms. The van der Waals surface area contributed by atoms with Crippen LogP contribution in [0.1, 0.15) is 48.9 Å². The van der Waals surface area contributed by atoms with Crippen LogP contribution >= 0.6 is 0 Å². The lowest BCUT2D eigenvalue weighted by atomic mass is 10.1. The average Bonchev–Trinajstić information content (AvgIpc) is 2.67. The van der Waals surface area contributed by atoms with E-state index in [1.807, 2.05) is 0 Å². The average molecular weight is 280 g/mol. The summed E-state index contributed by atoms with van der Waals surface area (Å²) in [5.74, 6) is -1.31. The maximum Gasteiger partial charge on any atom is 0.270 e. The first-order valence-corrected chi connectivity index (χ1v) is 6.83. The third-order valence-corrected chi connectivity index (χ3v) is 3.60. The fourth-order valence-corrected chi connectivity index (χ4v) is 2.49. The second-order valence-electron chi connectivity index (χ2n) is 5.08. The zero-order valence-corrected chi connectivity index (χ0v) is 11.1. The van der Waals surface area contributed by atoms with Gasteiger partial charge in [0.05, 0.1) is 10.5 Å². The first-order chi connectivity index (χ1) is 9.58. The Morgan fingerprint density at radius 2 is 1.90 bits per heavy atom. The first kappa shape index (κ1) is 14.4. The molecule has 1 saturated carbocycles. The van der Waals surface area contributed by atoms with Crippen molar-refractivity contribution in [3.8, 4) is 0 Å². The fraction of sp³-hybridized carbons (Fsp3) is 0.500. The zero-order chi connectivity index (χ0) is 14.5. The third kappa shape index (κ3) is 3.53. The summed E-state index contributed by atoms with van der Waals surface area (Å²) in [5, 5.41) is 13.5. The van der Waals surface area contributed by atoms with Crippen LogP contribution in [0, 0.1) is 15.9 Å². The van der Waals surface area contributed by atoms with E-state index in [0.717, 1.165) is 56.7 Å². The van der Waals surface area contributed by atoms with Crippen LogP contribution in [0.15, 0.2) is 18.2 Å². The number of nitro benzene ring substituents is 1. The molecule has 1 amide bonds. The number of hydrogen-bond acceptors (Lipinski definition) is 3. The molecule has 0 saturated heterocycles. The second kappa shape index (κ2) is 6.45. The minimum absolute atomic E-state index is 0.0312. The Morgan fingerprint density at radius 3 is 2.50 bits per heavy atom. The summed E-state index contributed by atoms with van der Waals surface area (Å²) >= 11 is 0. The van der Waals surface area contributed by atoms with Crippen molar-refractivity contribution in [2.45, 2.75) is 44.6 Å². The van der Waals surface area contributed by atoms with E-state index >= 15 is 0 Å². The highest BCUT2D eigenvalue weighted by Gasteiger charge is 2.20. The molecule has 0 heterocycles. The van der Waals surface area contributed by atoms with Crippen molar-refractivity contribution in [2.75, 3.05) is 0 Å². The Labute approximate surface area is 116 Å². The van der Waals surface area contributed by atoms with E-state index in [0.29, 0.717) is 0 Å². The molecule has 20 heavy (non-hydrogen) atoms. The number of non-ortho nitro benzene ring substituents is 1. The molecule has 5 nitrogen and oxygen atoms in total. The highest BCUT2D eigenvalue weighted by Crippen LogP contribution is 2.20. The number of nitro groups is 1. The summed E-state index contributed by atoms with van der Waals surface area (Å²) < 4.78 is 13.6. The highest BCUT2D eigenvalue weighted by atomic mass is 19.1. The SMILES string of the molecule is O=C(NC1CCCCCC1)c1cc([N+](=O)[O-])ccc1F. The van der Waals surface area contributed by atoms with Gasteiger partial charge in [0.15, 0.2) is 0 Å². The number of benzene rings is 1. The smallest absolute Gasteiger partial charge is 0.270 e. The van der Waals surface area contributed by atoms with Gasteiger partial charge in [-0.05, 0) is 18.9 Å². The molecule has 0 aliphatic heterocycles. The lowest BCUT2D eigenvalue weighted by molar-refractivity contribution is -0.384. The highest BCUT2D eigenvalue weighted by molar-refractivity contribution is 5.95. The summed E-state index contributed by atoms with van der Waals surface area (Å²) in [4.78, 5) is 22.1. The maximum absolute atomic E-state index is 13.6. The molecule has 0 aromatic heterocycles. The minimum Gasteiger partial charge on any atom is -0.349 e. The van der Waals surface area contributed by atoms with Crippen LogP contribution in [-0.4, -0.2) is 16.9 Å². The Bertz CT molecular complexity index is 511. The van der Waals surface area contributed by atoms with Crippen molar-refractivity contribution in [3.63, 3.8) is 0 Å². The van der Waals surface area contributed by atoms with Crippen LogP contribution in [0.4, 0.5) is 10.1 Å². The van der Waals surface area contributed by atoms with Crippen molar-refractivity contribution >= 4 is 11.6 Å². The lowest BCUT2D eigenvalue weighted by Crippen LogP contribution is -2.34. The predicted molar refractivity (Wildman–Crippen MR) is 72.0 cm³/mol. The molecule has 0 unspecified atom stereocenters. The molecular weight excluding hydrogens is 263 g/mol. The van der Waals surface area contributed by atoms with E-state index in [4.69, 9.17) is 0 Å². The normalized spacial score (nSPS) is 16.4. The number of carbonyl (C=O) groups is 1. The van der Waals surface area contributed by atoms with E-state index in [1.165, 1.54) is 0 Å². The van der Waals surface area contributed by atoms with Gasteiger partial charge in [0.25, 0.3) is 11.6 Å². The minimum atomic E-state index is -0.735. The number of carbonyl (C=O) groups excluding carboxylic acids is 1. The van der Waals surface area contributed by atoms with E-state index in [-0.39, 0.29) is 17.3 Å². The molecule has 1 aliphatic carbocycles. The van der Waals surface area contributed by atoms with Crippen LogP contribution in [0.2, 0.25) is 0 Å². The van der Waals surface area contributed by atoms with E-state index < -0.39 is 16.6 Å². The molecule has 1 aromatic carbocycles. The number of amides is 1. The topological polar surface area (TPSA) is 72.2 Å². The van der Waals surface area contributed by atoms with Crippen LogP contribution in [0.3, 0.4) is 0 Å². The van der Waals surface area contributed by atoms with Gasteiger partial charge in [-0.25, -0.2) is 4.39 Å². The first-order valence-electron chi connectivity index (χ1n) is 6.83. The molecule has 0 spiro atoms. The van der Waals surface area contributed by atoms with E-state index in [1.54, 1.807) is 0 Å². The fourth-order valence-electron chi connectivity index (χ4n) is 2.49. The van der Waals surface area contributed by atoms with Crippen molar-refractivity contribution < 1.29 is 14.1 Å². The summed E-state index contributed by atoms with van der Waals surface area (Å²) in [5.41, 5.74) is -0.541. The quantitative estimate of drug-likeness (QED) is 0.525. The molecule has 108 valence electrons. The van der Waals surface area contributed by atoms with Gasteiger partial charge < -0.3 is 5.32 Å². The van der Waals surface area contributed by atoms with Crippen LogP contribution in [-0.2, 0) is 0 Å². The predicted octanol–water partition coefficient (Wildman–Crippen LogP) is 3.19. The van der Waals surface area contributed by atoms with Gasteiger partial charge in [-0.15, -0.1) is 0 Å². The standard InChI is InChI=1S/C14H17FN2O3/c15-13-8-7-11(17(19)20)9-12(13)14(18)16-10-5-3-1-2-4-6-10/h7-10H,1-6H2,(H,16,18). The largest absolute Gasteiger partial charge is 0.349 e. The van der Waals surface area contributed by atoms with Gasteiger partial charge in [-0.2, -0.15) is 0 Å². The van der Waals surface area contributed by atoms with Gasteiger partial charge >= 0.3 is 0 Å². The van der Waals surface area contributed by atoms with Crippen molar-refractivity contribution in [3.05, 3.63) is 39.7 Å². The molecule has 1 aliphatic rings. The van der Waals surface area contributed by atoms with Gasteiger partial charge in [0.1, 0.15) is 5.82 Å². The van der Waals surface area contributed by atoms with Crippen LogP contribution in [0.25, 0.3) is 0 Å². The molecule has 0 radical (unpaired) electrons. The summed E-state index contributed by atoms with van der Waals surface area (Å²) in [6, 6.07) is 3.03. The van der Waals surface area contributed by atoms with Gasteiger partial charge in [0, 0.05) is 18.2 Å². The van der Waals surface area contributed by atoms with E-state index in [9.17, 15) is 19.3 Å². The summed E-state index contributed by atoms with van der Waals surface area (Å²) in [6.45, 7) is 0. The number of halogens is 1. The number of nitrogens with one attached hydrogen (secondary N) is 1. The summed E-state index contributed by atoms with van der Waals surface area (Å²) in [6.07, 6.45) is 6.14. The Kier molecular flexibility index (Phi) is 4.65. The Balaban J connectivity index is 2.11.